The number of hydrogen-bond donors (Lipinski definition) is 0. The van der Waals surface area contributed by atoms with Crippen molar-refractivity contribution in [1.82, 2.24) is 4.98 Å². The smallest absolute Gasteiger partial charge is 0.145 e. The number of benzene rings is 2. The zero-order valence-corrected chi connectivity index (χ0v) is 15.6. The van der Waals surface area contributed by atoms with Crippen LogP contribution in [-0.2, 0) is 0 Å². The van der Waals surface area contributed by atoms with Crippen molar-refractivity contribution in [1.29, 1.82) is 0 Å². The monoisotopic (exact) mass is 405 g/mol. The molecule has 5 heteroatoms. The molecule has 0 aliphatic carbocycles. The zero-order chi connectivity index (χ0) is 16.9. The summed E-state index contributed by atoms with van der Waals surface area (Å²) in [4.78, 5) is 4.56. The zero-order valence-electron chi connectivity index (χ0n) is 13.3. The number of hydrogen-bond acceptors (Lipinski definition) is 3. The maximum atomic E-state index is 6.12. The van der Waals surface area contributed by atoms with E-state index in [1.54, 1.807) is 0 Å². The van der Waals surface area contributed by atoms with Crippen molar-refractivity contribution >= 4 is 38.4 Å². The Bertz CT molecular complexity index is 854. The molecule has 0 aliphatic heterocycles. The molecule has 3 rings (SSSR count). The summed E-state index contributed by atoms with van der Waals surface area (Å²) in [6, 6.07) is 15.6. The van der Waals surface area contributed by atoms with E-state index in [0.717, 1.165) is 33.2 Å². The van der Waals surface area contributed by atoms with Gasteiger partial charge in [0.05, 0.1) is 18.2 Å². The Balaban J connectivity index is 1.54. The number of para-hydroxylation sites is 1. The van der Waals surface area contributed by atoms with Gasteiger partial charge in [0, 0.05) is 22.0 Å². The van der Waals surface area contributed by atoms with Crippen LogP contribution in [-0.4, -0.2) is 18.2 Å². The average Bonchev–Trinajstić information content (AvgIpc) is 2.56. The van der Waals surface area contributed by atoms with Crippen molar-refractivity contribution in [3.8, 4) is 11.5 Å². The Morgan fingerprint density at radius 1 is 1.00 bits per heavy atom. The molecule has 1 heterocycles. The van der Waals surface area contributed by atoms with Gasteiger partial charge in [-0.15, -0.1) is 0 Å². The van der Waals surface area contributed by atoms with Crippen LogP contribution in [0.1, 0.15) is 12.1 Å². The molecule has 2 aromatic carbocycles. The number of nitrogens with zero attached hydrogens (tertiary/aromatic N) is 1. The molecule has 0 aliphatic rings. The molecule has 0 saturated heterocycles. The SMILES string of the molecule is Cc1ccc2cccc(OCCCOc3ccc(Br)cc3Cl)c2n1. The van der Waals surface area contributed by atoms with Gasteiger partial charge in [-0.05, 0) is 37.3 Å². The van der Waals surface area contributed by atoms with Gasteiger partial charge in [0.1, 0.15) is 17.0 Å². The second-order valence-corrected chi connectivity index (χ2v) is 6.73. The van der Waals surface area contributed by atoms with E-state index in [4.69, 9.17) is 21.1 Å². The predicted molar refractivity (Wildman–Crippen MR) is 101 cm³/mol. The summed E-state index contributed by atoms with van der Waals surface area (Å²) in [6.45, 7) is 3.08. The Kier molecular flexibility index (Phi) is 5.59. The van der Waals surface area contributed by atoms with Crippen molar-refractivity contribution in [3.63, 3.8) is 0 Å². The van der Waals surface area contributed by atoms with Crippen molar-refractivity contribution in [2.45, 2.75) is 13.3 Å². The predicted octanol–water partition coefficient (Wildman–Crippen LogP) is 5.81. The highest BCUT2D eigenvalue weighted by molar-refractivity contribution is 9.10. The minimum atomic E-state index is 0.540. The third kappa shape index (κ3) is 4.19. The molecule has 0 spiro atoms. The highest BCUT2D eigenvalue weighted by Gasteiger charge is 2.05. The molecular formula is C19H17BrClNO2. The third-order valence-corrected chi connectivity index (χ3v) is 4.31. The van der Waals surface area contributed by atoms with Crippen molar-refractivity contribution < 1.29 is 9.47 Å². The van der Waals surface area contributed by atoms with E-state index in [9.17, 15) is 0 Å². The van der Waals surface area contributed by atoms with Crippen molar-refractivity contribution in [2.75, 3.05) is 13.2 Å². The molecule has 0 N–H and O–H groups in total. The first-order valence-corrected chi connectivity index (χ1v) is 8.87. The van der Waals surface area contributed by atoms with Crippen LogP contribution in [0, 0.1) is 6.92 Å². The van der Waals surface area contributed by atoms with E-state index in [1.165, 1.54) is 0 Å². The number of halogens is 2. The van der Waals surface area contributed by atoms with Crippen LogP contribution in [0.5, 0.6) is 11.5 Å². The standard InChI is InChI=1S/C19H17BrClNO2/c1-13-6-7-14-4-2-5-18(19(14)22-13)24-11-3-10-23-17-9-8-15(20)12-16(17)21/h2,4-9,12H,3,10-11H2,1H3. The molecule has 124 valence electrons. The Morgan fingerprint density at radius 3 is 2.58 bits per heavy atom. The molecule has 3 nitrogen and oxygen atoms in total. The van der Waals surface area contributed by atoms with Crippen LogP contribution in [0.4, 0.5) is 0 Å². The first-order chi connectivity index (χ1) is 11.6. The van der Waals surface area contributed by atoms with Gasteiger partial charge in [-0.3, -0.25) is 0 Å². The van der Waals surface area contributed by atoms with Gasteiger partial charge < -0.3 is 9.47 Å². The largest absolute Gasteiger partial charge is 0.492 e. The molecule has 0 unspecified atom stereocenters. The summed E-state index contributed by atoms with van der Waals surface area (Å²) in [5.41, 5.74) is 1.88. The van der Waals surface area contributed by atoms with Gasteiger partial charge in [0.25, 0.3) is 0 Å². The van der Waals surface area contributed by atoms with E-state index < -0.39 is 0 Å². The first kappa shape index (κ1) is 17.1. The molecule has 1 aromatic heterocycles. The molecule has 0 saturated carbocycles. The van der Waals surface area contributed by atoms with Crippen LogP contribution in [0.2, 0.25) is 5.02 Å². The van der Waals surface area contributed by atoms with Crippen LogP contribution < -0.4 is 9.47 Å². The van der Waals surface area contributed by atoms with Crippen LogP contribution in [0.25, 0.3) is 10.9 Å². The summed E-state index contributed by atoms with van der Waals surface area (Å²) in [6.07, 6.45) is 0.759. The van der Waals surface area contributed by atoms with E-state index in [0.29, 0.717) is 24.0 Å². The summed E-state index contributed by atoms with van der Waals surface area (Å²) >= 11 is 9.50. The summed E-state index contributed by atoms with van der Waals surface area (Å²) in [7, 11) is 0. The lowest BCUT2D eigenvalue weighted by Gasteiger charge is -2.11. The highest BCUT2D eigenvalue weighted by Crippen LogP contribution is 2.28. The highest BCUT2D eigenvalue weighted by atomic mass is 79.9. The van der Waals surface area contributed by atoms with E-state index in [1.807, 2.05) is 49.4 Å². The van der Waals surface area contributed by atoms with Crippen molar-refractivity contribution in [3.05, 3.63) is 63.7 Å². The lowest BCUT2D eigenvalue weighted by Crippen LogP contribution is -2.05. The summed E-state index contributed by atoms with van der Waals surface area (Å²) < 4.78 is 12.5. The second kappa shape index (κ2) is 7.86. The number of aryl methyl sites for hydroxylation is 1. The number of pyridine rings is 1. The molecular weight excluding hydrogens is 390 g/mol. The lowest BCUT2D eigenvalue weighted by atomic mass is 10.2. The minimum absolute atomic E-state index is 0.540. The fraction of sp³-hybridized carbons (Fsp3) is 0.211. The molecule has 0 fully saturated rings. The van der Waals surface area contributed by atoms with Gasteiger partial charge in [-0.1, -0.05) is 45.7 Å². The number of fused-ring (bicyclic) bond motifs is 1. The second-order valence-electron chi connectivity index (χ2n) is 5.41. The summed E-state index contributed by atoms with van der Waals surface area (Å²) in [5.74, 6) is 1.49. The quantitative estimate of drug-likeness (QED) is 0.484. The molecule has 24 heavy (non-hydrogen) atoms. The fourth-order valence-electron chi connectivity index (χ4n) is 2.35. The van der Waals surface area contributed by atoms with E-state index >= 15 is 0 Å². The average molecular weight is 407 g/mol. The summed E-state index contributed by atoms with van der Waals surface area (Å²) in [5, 5.41) is 1.68. The number of aromatic nitrogens is 1. The Hall–Kier alpha value is -1.78. The Labute approximate surface area is 154 Å². The lowest BCUT2D eigenvalue weighted by molar-refractivity contribution is 0.249. The van der Waals surface area contributed by atoms with Crippen LogP contribution in [0.15, 0.2) is 53.0 Å². The maximum Gasteiger partial charge on any atom is 0.145 e. The number of rotatable bonds is 6. The topological polar surface area (TPSA) is 31.4 Å². The third-order valence-electron chi connectivity index (χ3n) is 3.52. The van der Waals surface area contributed by atoms with Crippen molar-refractivity contribution in [2.24, 2.45) is 0 Å². The molecule has 0 bridgehead atoms. The van der Waals surface area contributed by atoms with Crippen LogP contribution in [0.3, 0.4) is 0 Å². The van der Waals surface area contributed by atoms with Gasteiger partial charge in [-0.2, -0.15) is 0 Å². The number of ether oxygens (including phenoxy) is 2. The van der Waals surface area contributed by atoms with E-state index in [2.05, 4.69) is 27.0 Å². The van der Waals surface area contributed by atoms with Gasteiger partial charge in [0.15, 0.2) is 0 Å². The van der Waals surface area contributed by atoms with E-state index in [-0.39, 0.29) is 0 Å². The molecule has 0 atom stereocenters. The first-order valence-electron chi connectivity index (χ1n) is 7.70. The van der Waals surface area contributed by atoms with Gasteiger partial charge in [-0.25, -0.2) is 4.98 Å². The fourth-order valence-corrected chi connectivity index (χ4v) is 3.08. The van der Waals surface area contributed by atoms with Crippen LogP contribution >= 0.6 is 27.5 Å². The van der Waals surface area contributed by atoms with Gasteiger partial charge >= 0.3 is 0 Å². The maximum absolute atomic E-state index is 6.12. The molecule has 0 amide bonds. The molecule has 3 aromatic rings. The molecule has 0 radical (unpaired) electrons. The minimum Gasteiger partial charge on any atom is -0.492 e. The normalized spacial score (nSPS) is 10.8. The van der Waals surface area contributed by atoms with Gasteiger partial charge in [0.2, 0.25) is 0 Å². The Morgan fingerprint density at radius 2 is 1.79 bits per heavy atom.